The fourth-order valence-corrected chi connectivity index (χ4v) is 11.6. The summed E-state index contributed by atoms with van der Waals surface area (Å²) < 4.78 is 18.2. The minimum absolute atomic E-state index is 0.0228. The maximum atomic E-state index is 14.5. The summed E-state index contributed by atoms with van der Waals surface area (Å²) in [5.74, 6) is 3.00. The number of carbonyl (C=O) groups excluding carboxylic acids is 2. The van der Waals surface area contributed by atoms with Crippen molar-refractivity contribution in [2.24, 2.45) is 51.8 Å². The van der Waals surface area contributed by atoms with E-state index in [4.69, 9.17) is 13.9 Å². The Balaban J connectivity index is 1.36. The second kappa shape index (κ2) is 7.61. The second-order valence-electron chi connectivity index (χ2n) is 14.2. The Kier molecular flexibility index (Phi) is 4.97. The van der Waals surface area contributed by atoms with Crippen molar-refractivity contribution in [3.8, 4) is 0 Å². The van der Waals surface area contributed by atoms with Crippen LogP contribution in [0.25, 0.3) is 6.08 Å². The van der Waals surface area contributed by atoms with Crippen LogP contribution in [0.3, 0.4) is 0 Å². The van der Waals surface area contributed by atoms with E-state index in [0.29, 0.717) is 41.8 Å². The minimum atomic E-state index is -0.436. The predicted octanol–water partition coefficient (Wildman–Crippen LogP) is 6.47. The first-order valence-electron chi connectivity index (χ1n) is 14.7. The molecule has 37 heavy (non-hydrogen) atoms. The number of furan rings is 1. The normalized spacial score (nSPS) is 50.8. The Bertz CT molecular complexity index is 1170. The summed E-state index contributed by atoms with van der Waals surface area (Å²) in [4.78, 5) is 27.6. The molecule has 7 aliphatic rings. The van der Waals surface area contributed by atoms with Crippen molar-refractivity contribution in [3.63, 3.8) is 0 Å². The maximum Gasteiger partial charge on any atom is 0.311 e. The fraction of sp³-hybridized carbons (Fsp3) is 0.750. The van der Waals surface area contributed by atoms with Crippen LogP contribution in [0.4, 0.5) is 0 Å². The number of rotatable bonds is 3. The number of hydrogen-bond acceptors (Lipinski definition) is 5. The number of hydrogen-bond donors (Lipinski definition) is 0. The van der Waals surface area contributed by atoms with Crippen LogP contribution in [0.1, 0.15) is 84.8 Å². The van der Waals surface area contributed by atoms with Crippen molar-refractivity contribution < 1.29 is 23.5 Å². The second-order valence-corrected chi connectivity index (χ2v) is 14.2. The third-order valence-electron chi connectivity index (χ3n) is 12.9. The quantitative estimate of drug-likeness (QED) is 0.347. The van der Waals surface area contributed by atoms with E-state index < -0.39 is 5.41 Å². The lowest BCUT2D eigenvalue weighted by molar-refractivity contribution is -0.251. The molecule has 6 aliphatic carbocycles. The van der Waals surface area contributed by atoms with Crippen LogP contribution in [0.2, 0.25) is 0 Å². The number of esters is 1. The van der Waals surface area contributed by atoms with Crippen LogP contribution in [0.15, 0.2) is 28.4 Å². The van der Waals surface area contributed by atoms with Crippen LogP contribution in [0.5, 0.6) is 0 Å². The maximum absolute atomic E-state index is 14.5. The van der Waals surface area contributed by atoms with E-state index >= 15 is 0 Å². The molecule has 0 radical (unpaired) electrons. The molecule has 1 aromatic heterocycles. The minimum Gasteiger partial charge on any atom is -0.469 e. The fourth-order valence-electron chi connectivity index (χ4n) is 11.6. The largest absolute Gasteiger partial charge is 0.469 e. The lowest BCUT2D eigenvalue weighted by Crippen LogP contribution is -2.71. The van der Waals surface area contributed by atoms with E-state index in [1.54, 1.807) is 13.4 Å². The van der Waals surface area contributed by atoms with Crippen molar-refractivity contribution in [3.05, 3.63) is 29.7 Å². The van der Waals surface area contributed by atoms with Crippen LogP contribution in [0, 0.1) is 51.8 Å². The Morgan fingerprint density at radius 2 is 2.00 bits per heavy atom. The molecule has 8 rings (SSSR count). The molecule has 10 atom stereocenters. The highest BCUT2D eigenvalue weighted by Crippen LogP contribution is 2.79. The Hall–Kier alpha value is -1.88. The summed E-state index contributed by atoms with van der Waals surface area (Å²) in [6.07, 6.45) is 11.7. The standard InChI is InChI=1S/C32H42O5/c1-18(2)32-17-31-12-9-23-29(3,10-7-11-30(23,4)28(34)35-5)24(31)16-21(32)25-22(37-32)15-19(27(33)26(25)31)14-20-8-6-13-36-20/h6,8,13-14,18,21-26H,7,9-12,15-17H2,1-5H3/b19-14+/t21-,22-,23+,24+,25-,26-,29-,30+,31-,32-/m0/s1. The van der Waals surface area contributed by atoms with Gasteiger partial charge in [-0.1, -0.05) is 27.2 Å². The van der Waals surface area contributed by atoms with Crippen molar-refractivity contribution in [2.75, 3.05) is 7.11 Å². The lowest BCUT2D eigenvalue weighted by atomic mass is 9.31. The number of fused-ring (bicyclic) bond motifs is 1. The molecule has 1 aliphatic heterocycles. The smallest absolute Gasteiger partial charge is 0.311 e. The van der Waals surface area contributed by atoms with Crippen molar-refractivity contribution in [2.45, 2.75) is 90.8 Å². The molecule has 0 unspecified atom stereocenters. The highest BCUT2D eigenvalue weighted by Gasteiger charge is 2.79. The Morgan fingerprint density at radius 1 is 1.19 bits per heavy atom. The van der Waals surface area contributed by atoms with Crippen LogP contribution in [-0.4, -0.2) is 30.6 Å². The van der Waals surface area contributed by atoms with Gasteiger partial charge < -0.3 is 13.9 Å². The summed E-state index contributed by atoms with van der Waals surface area (Å²) in [6, 6.07) is 3.82. The van der Waals surface area contributed by atoms with Crippen molar-refractivity contribution >= 4 is 17.8 Å². The number of Topliss-reactive ketones (excluding diaryl/α,β-unsaturated/α-hetero) is 1. The lowest BCUT2D eigenvalue weighted by Gasteiger charge is -2.72. The summed E-state index contributed by atoms with van der Waals surface area (Å²) in [7, 11) is 1.54. The van der Waals surface area contributed by atoms with E-state index in [2.05, 4.69) is 27.7 Å². The molecule has 5 nitrogen and oxygen atoms in total. The van der Waals surface area contributed by atoms with Crippen LogP contribution < -0.4 is 0 Å². The Labute approximate surface area is 220 Å². The molecule has 1 spiro atoms. The van der Waals surface area contributed by atoms with E-state index in [0.717, 1.165) is 56.3 Å². The summed E-state index contributed by atoms with van der Waals surface area (Å²) in [6.45, 7) is 9.30. The summed E-state index contributed by atoms with van der Waals surface area (Å²) in [5.41, 5.74) is 0.296. The summed E-state index contributed by atoms with van der Waals surface area (Å²) in [5, 5.41) is 0. The van der Waals surface area contributed by atoms with Gasteiger partial charge >= 0.3 is 5.97 Å². The van der Waals surface area contributed by atoms with Crippen molar-refractivity contribution in [1.29, 1.82) is 0 Å². The van der Waals surface area contributed by atoms with Gasteiger partial charge in [-0.2, -0.15) is 0 Å². The van der Waals surface area contributed by atoms with Crippen molar-refractivity contribution in [1.82, 2.24) is 0 Å². The molecule has 1 saturated heterocycles. The van der Waals surface area contributed by atoms with Gasteiger partial charge in [0.1, 0.15) is 5.76 Å². The SMILES string of the molecule is COC(=O)[C@]1(C)CCC[C@]2(C)[C@H]3C[C@H]4[C@H]5[C@@H]6C/C(=C\c7ccco7)C(=O)[C@H]5[C@@]3(CC[C@H]21)C[C@@]4(C(C)C)O6. The van der Waals surface area contributed by atoms with Gasteiger partial charge in [0.2, 0.25) is 0 Å². The zero-order valence-corrected chi connectivity index (χ0v) is 23.0. The molecule has 2 heterocycles. The molecule has 0 N–H and O–H groups in total. The van der Waals surface area contributed by atoms with Gasteiger partial charge in [0.15, 0.2) is 5.78 Å². The number of ketones is 1. The molecule has 1 aromatic rings. The molecular formula is C32H42O5. The molecule has 6 saturated carbocycles. The number of carbonyl (C=O) groups is 2. The van der Waals surface area contributed by atoms with E-state index in [1.165, 1.54) is 0 Å². The van der Waals surface area contributed by atoms with Gasteiger partial charge in [0, 0.05) is 23.8 Å². The molecule has 7 fully saturated rings. The first-order valence-corrected chi connectivity index (χ1v) is 14.7. The topological polar surface area (TPSA) is 65.7 Å². The van der Waals surface area contributed by atoms with Crippen LogP contribution >= 0.6 is 0 Å². The van der Waals surface area contributed by atoms with Gasteiger partial charge in [0.25, 0.3) is 0 Å². The molecule has 0 aromatic carbocycles. The van der Waals surface area contributed by atoms with Gasteiger partial charge in [-0.25, -0.2) is 0 Å². The van der Waals surface area contributed by atoms with Gasteiger partial charge in [-0.3, -0.25) is 9.59 Å². The molecule has 5 heteroatoms. The zero-order chi connectivity index (χ0) is 26.0. The average Bonchev–Trinajstić information content (AvgIpc) is 3.47. The monoisotopic (exact) mass is 506 g/mol. The highest BCUT2D eigenvalue weighted by molar-refractivity contribution is 6.03. The summed E-state index contributed by atoms with van der Waals surface area (Å²) >= 11 is 0. The van der Waals surface area contributed by atoms with Gasteiger partial charge in [-0.15, -0.1) is 0 Å². The molecule has 4 bridgehead atoms. The van der Waals surface area contributed by atoms with Gasteiger partial charge in [-0.05, 0) is 98.2 Å². The van der Waals surface area contributed by atoms with Crippen LogP contribution in [-0.2, 0) is 19.1 Å². The van der Waals surface area contributed by atoms with E-state index in [-0.39, 0.29) is 34.4 Å². The van der Waals surface area contributed by atoms with E-state index in [1.807, 2.05) is 18.2 Å². The zero-order valence-electron chi connectivity index (χ0n) is 23.0. The Morgan fingerprint density at radius 3 is 2.70 bits per heavy atom. The first-order chi connectivity index (χ1) is 17.6. The average molecular weight is 507 g/mol. The van der Waals surface area contributed by atoms with Gasteiger partial charge in [0.05, 0.1) is 30.5 Å². The molecule has 200 valence electrons. The first kappa shape index (κ1) is 24.2. The highest BCUT2D eigenvalue weighted by atomic mass is 16.5. The molecule has 0 amide bonds. The molecular weight excluding hydrogens is 464 g/mol. The number of ether oxygens (including phenoxy) is 2. The third kappa shape index (κ3) is 2.80. The predicted molar refractivity (Wildman–Crippen MR) is 139 cm³/mol. The third-order valence-corrected chi connectivity index (χ3v) is 12.9. The van der Waals surface area contributed by atoms with E-state index in [9.17, 15) is 9.59 Å². The number of methoxy groups -OCH3 is 1.